The number of imidazole rings is 1. The van der Waals surface area contributed by atoms with E-state index in [1.165, 1.54) is 0 Å². The summed E-state index contributed by atoms with van der Waals surface area (Å²) in [7, 11) is 0. The lowest BCUT2D eigenvalue weighted by Crippen LogP contribution is -2.39. The Kier molecular flexibility index (Phi) is 1.54. The fourth-order valence-electron chi connectivity index (χ4n) is 1.77. The Bertz CT molecular complexity index is 1120. The molecule has 2 heterocycles. The monoisotopic (exact) mass is 292 g/mol. The van der Waals surface area contributed by atoms with Gasteiger partial charge in [-0.25, -0.2) is 9.78 Å². The van der Waals surface area contributed by atoms with E-state index in [9.17, 15) is 14.7 Å². The normalized spacial score (nSPS) is 26.1. The van der Waals surface area contributed by atoms with Crippen LogP contribution in [-0.4, -0.2) is 29.9 Å². The van der Waals surface area contributed by atoms with Gasteiger partial charge in [-0.05, 0) is 26.1 Å². The zero-order chi connectivity index (χ0) is 25.1. The van der Waals surface area contributed by atoms with E-state index in [1.54, 1.807) is 0 Å². The number of aliphatic hydroxyl groups is 1. The van der Waals surface area contributed by atoms with Gasteiger partial charge in [0, 0.05) is 35.6 Å². The van der Waals surface area contributed by atoms with Crippen LogP contribution in [0.5, 0.6) is 0 Å². The van der Waals surface area contributed by atoms with E-state index in [2.05, 4.69) is 4.98 Å². The molecule has 0 spiro atoms. The molecule has 0 aliphatic heterocycles. The molecule has 7 nitrogen and oxygen atoms in total. The van der Waals surface area contributed by atoms with Crippen LogP contribution < -0.4 is 11.2 Å². The second-order valence-corrected chi connectivity index (χ2v) is 3.99. The van der Waals surface area contributed by atoms with E-state index >= 15 is 0 Å². The van der Waals surface area contributed by atoms with Gasteiger partial charge in [-0.2, -0.15) is 0 Å². The molecule has 2 rings (SSSR count). The molecule has 0 aliphatic carbocycles. The fraction of sp³-hybridized carbons (Fsp3) is 0.615. The molecule has 0 amide bonds. The van der Waals surface area contributed by atoms with Crippen LogP contribution in [0.3, 0.4) is 0 Å². The highest BCUT2D eigenvalue weighted by atomic mass is 16.3. The predicted octanol–water partition coefficient (Wildman–Crippen LogP) is -0.0152. The molecular formula is C13H20N4O3. The topological polar surface area (TPSA) is 82.1 Å². The Morgan fingerprint density at radius 2 is 2.35 bits per heavy atom. The fourth-order valence-corrected chi connectivity index (χ4v) is 1.77. The zero-order valence-corrected chi connectivity index (χ0v) is 10.3. The van der Waals surface area contributed by atoms with Crippen molar-refractivity contribution >= 4 is 11.2 Å². The summed E-state index contributed by atoms with van der Waals surface area (Å²) < 4.78 is 90.5. The first-order chi connectivity index (χ1) is 14.1. The Balaban J connectivity index is 2.58. The van der Waals surface area contributed by atoms with Crippen molar-refractivity contribution in [1.29, 1.82) is 0 Å². The Labute approximate surface area is 133 Å². The van der Waals surface area contributed by atoms with E-state index in [0.717, 1.165) is 0 Å². The van der Waals surface area contributed by atoms with Crippen molar-refractivity contribution in [3.63, 3.8) is 0 Å². The highest BCUT2D eigenvalue weighted by Crippen LogP contribution is 2.04. The molecule has 110 valence electrons. The number of nitrogens with zero attached hydrogens (tertiary/aromatic N) is 4. The van der Waals surface area contributed by atoms with Crippen molar-refractivity contribution in [1.82, 2.24) is 18.7 Å². The van der Waals surface area contributed by atoms with Crippen LogP contribution in [0.1, 0.15) is 42.5 Å². The maximum atomic E-state index is 12.9. The van der Waals surface area contributed by atoms with Crippen LogP contribution in [0.15, 0.2) is 15.9 Å². The van der Waals surface area contributed by atoms with Crippen molar-refractivity contribution < 1.29 is 21.6 Å². The summed E-state index contributed by atoms with van der Waals surface area (Å²) in [6, 6.07) is 0. The minimum atomic E-state index is -3.49. The number of hydrogen-bond acceptors (Lipinski definition) is 4. The smallest absolute Gasteiger partial charge is 0.332 e. The molecule has 20 heavy (non-hydrogen) atoms. The number of rotatable bonds is 5. The molecular weight excluding hydrogens is 260 g/mol. The summed E-state index contributed by atoms with van der Waals surface area (Å²) in [5.74, 6) is 0. The van der Waals surface area contributed by atoms with Crippen LogP contribution in [0.2, 0.25) is 0 Å². The molecule has 0 saturated heterocycles. The molecule has 7 heteroatoms. The van der Waals surface area contributed by atoms with Crippen molar-refractivity contribution in [3.05, 3.63) is 27.2 Å². The molecule has 1 atom stereocenters. The van der Waals surface area contributed by atoms with E-state index in [4.69, 9.17) is 16.4 Å². The molecule has 0 saturated carbocycles. The number of aryl methyl sites for hydroxylation is 2. The summed E-state index contributed by atoms with van der Waals surface area (Å²) >= 11 is 0. The van der Waals surface area contributed by atoms with Crippen LogP contribution in [-0.2, 0) is 20.5 Å². The summed E-state index contributed by atoms with van der Waals surface area (Å²) in [4.78, 5) is 29.2. The number of hydrogen-bond donors (Lipinski definition) is 1. The first-order valence-electron chi connectivity index (χ1n) is 11.6. The quantitative estimate of drug-likeness (QED) is 0.840. The Morgan fingerprint density at radius 3 is 3.05 bits per heavy atom. The van der Waals surface area contributed by atoms with Gasteiger partial charge in [0.2, 0.25) is 0 Å². The van der Waals surface area contributed by atoms with Gasteiger partial charge in [-0.3, -0.25) is 13.9 Å². The number of fused-ring (bicyclic) bond motifs is 1. The SMILES string of the molecule is [2H]C([2H])([2H])n1cnc2c1c(=O)n(CCCC([2H])([2H])[C@]([2H])(O)C([2H])([2H])[2H])c(=O)n2C([2H])([2H])[2H]. The van der Waals surface area contributed by atoms with E-state index in [1.807, 2.05) is 0 Å². The maximum Gasteiger partial charge on any atom is 0.332 e. The lowest BCUT2D eigenvalue weighted by atomic mass is 10.2. The third-order valence-corrected chi connectivity index (χ3v) is 2.68. The van der Waals surface area contributed by atoms with Crippen molar-refractivity contribution in [2.24, 2.45) is 14.0 Å². The van der Waals surface area contributed by atoms with Gasteiger partial charge in [-0.1, -0.05) is 0 Å². The molecule has 1 N–H and O–H groups in total. The first-order valence-corrected chi connectivity index (χ1v) is 5.61. The molecule has 0 aromatic carbocycles. The van der Waals surface area contributed by atoms with Gasteiger partial charge in [0.25, 0.3) is 5.56 Å². The standard InChI is InChI=1S/C13H20N4O3/c1-9(18)6-4-5-7-17-12(19)10-11(14-8-15(10)2)16(3)13(17)20/h8-9,18H,4-7H2,1-3H3/t9-/m1/s1/i1D3,2D3,3D3,6D2,9D. The summed E-state index contributed by atoms with van der Waals surface area (Å²) in [6.07, 6.45) is -7.04. The zero-order valence-electron chi connectivity index (χ0n) is 22.3. The van der Waals surface area contributed by atoms with Crippen molar-refractivity contribution in [2.75, 3.05) is 0 Å². The molecule has 0 radical (unpaired) electrons. The second-order valence-electron chi connectivity index (χ2n) is 3.99. The van der Waals surface area contributed by atoms with Crippen LogP contribution in [0.25, 0.3) is 11.2 Å². The molecule has 0 bridgehead atoms. The summed E-state index contributed by atoms with van der Waals surface area (Å²) in [5.41, 5.74) is -3.93. The third-order valence-electron chi connectivity index (χ3n) is 2.68. The lowest BCUT2D eigenvalue weighted by Gasteiger charge is -2.09. The number of aromatic nitrogens is 4. The van der Waals surface area contributed by atoms with Crippen molar-refractivity contribution in [3.8, 4) is 0 Å². The van der Waals surface area contributed by atoms with Gasteiger partial charge in [-0.15, -0.1) is 0 Å². The van der Waals surface area contributed by atoms with Gasteiger partial charge in [0.1, 0.15) is 0 Å². The third kappa shape index (κ3) is 2.53. The second kappa shape index (κ2) is 5.62. The molecule has 0 aliphatic rings. The van der Waals surface area contributed by atoms with Crippen LogP contribution in [0.4, 0.5) is 0 Å². The van der Waals surface area contributed by atoms with Gasteiger partial charge in [0.05, 0.1) is 13.8 Å². The van der Waals surface area contributed by atoms with Crippen molar-refractivity contribution in [2.45, 2.75) is 38.7 Å². The Morgan fingerprint density at radius 1 is 1.50 bits per heavy atom. The van der Waals surface area contributed by atoms with Crippen LogP contribution >= 0.6 is 0 Å². The van der Waals surface area contributed by atoms with E-state index in [-0.39, 0.29) is 4.57 Å². The average molecular weight is 292 g/mol. The van der Waals surface area contributed by atoms with Gasteiger partial charge >= 0.3 is 5.69 Å². The summed E-state index contributed by atoms with van der Waals surface area (Å²) in [6.45, 7) is -10.1. The lowest BCUT2D eigenvalue weighted by molar-refractivity contribution is 0.180. The minimum absolute atomic E-state index is 0.157. The summed E-state index contributed by atoms with van der Waals surface area (Å²) in [5, 5.41) is 9.82. The maximum absolute atomic E-state index is 12.9. The predicted molar refractivity (Wildman–Crippen MR) is 75.7 cm³/mol. The molecule has 0 unspecified atom stereocenters. The van der Waals surface area contributed by atoms with E-state index < -0.39 is 75.1 Å². The molecule has 0 fully saturated rings. The van der Waals surface area contributed by atoms with Crippen LogP contribution in [0, 0.1) is 0 Å². The average Bonchev–Trinajstić information content (AvgIpc) is 3.00. The first kappa shape index (κ1) is 5.48. The minimum Gasteiger partial charge on any atom is -0.393 e. The molecule has 2 aromatic rings. The molecule has 2 aromatic heterocycles. The highest BCUT2D eigenvalue weighted by Gasteiger charge is 2.14. The van der Waals surface area contributed by atoms with Gasteiger partial charge in [0.15, 0.2) is 11.2 Å². The largest absolute Gasteiger partial charge is 0.393 e. The van der Waals surface area contributed by atoms with E-state index in [0.29, 0.717) is 15.5 Å². The van der Waals surface area contributed by atoms with Gasteiger partial charge < -0.3 is 9.67 Å². The Hall–Kier alpha value is -1.89. The highest BCUT2D eigenvalue weighted by molar-refractivity contribution is 5.69.